The Bertz CT molecular complexity index is 704. The summed E-state index contributed by atoms with van der Waals surface area (Å²) in [5.74, 6) is -2.77. The van der Waals surface area contributed by atoms with Gasteiger partial charge >= 0.3 is 11.9 Å². The summed E-state index contributed by atoms with van der Waals surface area (Å²) in [5.41, 5.74) is 1.78. The first-order chi connectivity index (χ1) is 10.7. The molecular formula is C18H20O5. The van der Waals surface area contributed by atoms with Gasteiger partial charge in [0.05, 0.1) is 5.92 Å². The molecule has 122 valence electrons. The van der Waals surface area contributed by atoms with Crippen LogP contribution in [0.4, 0.5) is 0 Å². The predicted molar refractivity (Wildman–Crippen MR) is 84.9 cm³/mol. The summed E-state index contributed by atoms with van der Waals surface area (Å²) in [6.45, 7) is 6.27. The van der Waals surface area contributed by atoms with Crippen LogP contribution in [-0.4, -0.2) is 22.2 Å². The lowest BCUT2D eigenvalue weighted by Gasteiger charge is -2.20. The minimum Gasteiger partial charge on any atom is -0.481 e. The number of furan rings is 1. The Balaban J connectivity index is 2.24. The molecule has 1 unspecified atom stereocenters. The maximum absolute atomic E-state index is 11.6. The van der Waals surface area contributed by atoms with Crippen LogP contribution in [0.15, 0.2) is 40.8 Å². The van der Waals surface area contributed by atoms with Gasteiger partial charge < -0.3 is 14.6 Å². The van der Waals surface area contributed by atoms with Gasteiger partial charge in [-0.05, 0) is 28.7 Å². The first kappa shape index (κ1) is 16.8. The minimum absolute atomic E-state index is 0.00531. The van der Waals surface area contributed by atoms with E-state index < -0.39 is 17.9 Å². The highest BCUT2D eigenvalue weighted by Crippen LogP contribution is 2.27. The fourth-order valence-electron chi connectivity index (χ4n) is 2.37. The lowest BCUT2D eigenvalue weighted by atomic mass is 9.85. The molecular weight excluding hydrogens is 296 g/mol. The SMILES string of the molecule is CC(C)(C)c1ccc(C(Cc2ccc(C(=O)O)o2)C(=O)O)cc1. The summed E-state index contributed by atoms with van der Waals surface area (Å²) >= 11 is 0. The van der Waals surface area contributed by atoms with Crippen LogP contribution in [0.25, 0.3) is 0 Å². The zero-order valence-corrected chi connectivity index (χ0v) is 13.4. The highest BCUT2D eigenvalue weighted by molar-refractivity contribution is 5.84. The predicted octanol–water partition coefficient (Wildman–Crippen LogP) is 3.69. The number of aromatic carboxylic acids is 1. The Morgan fingerprint density at radius 2 is 1.65 bits per heavy atom. The molecule has 5 nitrogen and oxygen atoms in total. The van der Waals surface area contributed by atoms with Gasteiger partial charge in [-0.3, -0.25) is 4.79 Å². The van der Waals surface area contributed by atoms with E-state index >= 15 is 0 Å². The van der Waals surface area contributed by atoms with E-state index in [1.54, 1.807) is 12.1 Å². The van der Waals surface area contributed by atoms with Gasteiger partial charge in [0, 0.05) is 6.42 Å². The monoisotopic (exact) mass is 316 g/mol. The normalized spacial score (nSPS) is 12.8. The molecule has 1 aromatic carbocycles. The third kappa shape index (κ3) is 4.00. The van der Waals surface area contributed by atoms with E-state index in [4.69, 9.17) is 9.52 Å². The van der Waals surface area contributed by atoms with Gasteiger partial charge in [0.15, 0.2) is 0 Å². The van der Waals surface area contributed by atoms with Crippen LogP contribution in [0, 0.1) is 0 Å². The fourth-order valence-corrected chi connectivity index (χ4v) is 2.37. The van der Waals surface area contributed by atoms with Crippen molar-refractivity contribution in [2.45, 2.75) is 38.5 Å². The van der Waals surface area contributed by atoms with Gasteiger partial charge in [-0.2, -0.15) is 0 Å². The molecule has 0 spiro atoms. The molecule has 0 bridgehead atoms. The average molecular weight is 316 g/mol. The van der Waals surface area contributed by atoms with Gasteiger partial charge in [-0.1, -0.05) is 45.0 Å². The van der Waals surface area contributed by atoms with Crippen molar-refractivity contribution in [1.29, 1.82) is 0 Å². The smallest absolute Gasteiger partial charge is 0.371 e. The second-order valence-corrected chi connectivity index (χ2v) is 6.54. The van der Waals surface area contributed by atoms with Crippen molar-refractivity contribution >= 4 is 11.9 Å². The Labute approximate surface area is 134 Å². The summed E-state index contributed by atoms with van der Waals surface area (Å²) in [4.78, 5) is 22.4. The zero-order valence-electron chi connectivity index (χ0n) is 13.4. The topological polar surface area (TPSA) is 87.7 Å². The van der Waals surface area contributed by atoms with Crippen molar-refractivity contribution in [3.8, 4) is 0 Å². The van der Waals surface area contributed by atoms with E-state index in [-0.39, 0.29) is 17.6 Å². The molecule has 0 radical (unpaired) electrons. The van der Waals surface area contributed by atoms with E-state index in [1.807, 2.05) is 12.1 Å². The lowest BCUT2D eigenvalue weighted by molar-refractivity contribution is -0.138. The average Bonchev–Trinajstić information content (AvgIpc) is 2.92. The molecule has 5 heteroatoms. The molecule has 0 aliphatic carbocycles. The number of carboxylic acid groups (broad SMARTS) is 2. The number of hydrogen-bond acceptors (Lipinski definition) is 3. The van der Waals surface area contributed by atoms with E-state index in [1.165, 1.54) is 12.1 Å². The van der Waals surface area contributed by atoms with Crippen LogP contribution in [0.5, 0.6) is 0 Å². The number of benzene rings is 1. The Morgan fingerprint density at radius 3 is 2.09 bits per heavy atom. The maximum atomic E-state index is 11.6. The minimum atomic E-state index is -1.17. The van der Waals surface area contributed by atoms with Gasteiger partial charge in [-0.15, -0.1) is 0 Å². The van der Waals surface area contributed by atoms with Crippen molar-refractivity contribution in [1.82, 2.24) is 0 Å². The molecule has 0 amide bonds. The summed E-state index contributed by atoms with van der Waals surface area (Å²) < 4.78 is 5.16. The number of aliphatic carboxylic acids is 1. The standard InChI is InChI=1S/C18H20O5/c1-18(2,3)12-6-4-11(5-7-12)14(16(19)20)10-13-8-9-15(23-13)17(21)22/h4-9,14H,10H2,1-3H3,(H,19,20)(H,21,22). The quantitative estimate of drug-likeness (QED) is 0.878. The summed E-state index contributed by atoms with van der Waals surface area (Å²) in [7, 11) is 0. The summed E-state index contributed by atoms with van der Waals surface area (Å²) in [6, 6.07) is 10.3. The first-order valence-electron chi connectivity index (χ1n) is 7.33. The van der Waals surface area contributed by atoms with Crippen molar-refractivity contribution < 1.29 is 24.2 Å². The van der Waals surface area contributed by atoms with E-state index in [9.17, 15) is 14.7 Å². The number of carbonyl (C=O) groups is 2. The molecule has 0 aliphatic rings. The van der Waals surface area contributed by atoms with Gasteiger partial charge in [0.2, 0.25) is 5.76 Å². The number of hydrogen-bond donors (Lipinski definition) is 2. The molecule has 2 aromatic rings. The van der Waals surface area contributed by atoms with Crippen LogP contribution in [0.1, 0.15) is 54.1 Å². The Morgan fingerprint density at radius 1 is 1.04 bits per heavy atom. The maximum Gasteiger partial charge on any atom is 0.371 e. The second kappa shape index (κ2) is 6.28. The molecule has 1 atom stereocenters. The second-order valence-electron chi connectivity index (χ2n) is 6.54. The largest absolute Gasteiger partial charge is 0.481 e. The molecule has 0 fully saturated rings. The number of carboxylic acids is 2. The van der Waals surface area contributed by atoms with Crippen LogP contribution in [-0.2, 0) is 16.6 Å². The third-order valence-electron chi connectivity index (χ3n) is 3.75. The van der Waals surface area contributed by atoms with E-state index in [0.29, 0.717) is 11.3 Å². The molecule has 0 aliphatic heterocycles. The van der Waals surface area contributed by atoms with Crippen molar-refractivity contribution in [3.05, 3.63) is 59.0 Å². The molecule has 2 N–H and O–H groups in total. The summed E-state index contributed by atoms with van der Waals surface area (Å²) in [6.07, 6.45) is 0.109. The van der Waals surface area contributed by atoms with Crippen LogP contribution in [0.2, 0.25) is 0 Å². The first-order valence-corrected chi connectivity index (χ1v) is 7.33. The molecule has 1 heterocycles. The molecule has 2 rings (SSSR count). The van der Waals surface area contributed by atoms with Gasteiger partial charge in [0.1, 0.15) is 5.76 Å². The molecule has 0 saturated heterocycles. The van der Waals surface area contributed by atoms with Crippen LogP contribution < -0.4 is 0 Å². The van der Waals surface area contributed by atoms with E-state index in [0.717, 1.165) is 5.56 Å². The van der Waals surface area contributed by atoms with E-state index in [2.05, 4.69) is 20.8 Å². The van der Waals surface area contributed by atoms with Crippen molar-refractivity contribution in [3.63, 3.8) is 0 Å². The van der Waals surface area contributed by atoms with Crippen molar-refractivity contribution in [2.75, 3.05) is 0 Å². The van der Waals surface area contributed by atoms with Crippen LogP contribution >= 0.6 is 0 Å². The zero-order chi connectivity index (χ0) is 17.2. The molecule has 23 heavy (non-hydrogen) atoms. The molecule has 0 saturated carbocycles. The summed E-state index contributed by atoms with van der Waals surface area (Å²) in [5, 5.41) is 18.3. The molecule has 1 aromatic heterocycles. The van der Waals surface area contributed by atoms with Gasteiger partial charge in [0.25, 0.3) is 0 Å². The Hall–Kier alpha value is -2.56. The van der Waals surface area contributed by atoms with Crippen LogP contribution in [0.3, 0.4) is 0 Å². The fraction of sp³-hybridized carbons (Fsp3) is 0.333. The highest BCUT2D eigenvalue weighted by atomic mass is 16.4. The number of rotatable bonds is 5. The Kier molecular flexibility index (Phi) is 4.59. The highest BCUT2D eigenvalue weighted by Gasteiger charge is 2.23. The van der Waals surface area contributed by atoms with Gasteiger partial charge in [-0.25, -0.2) is 4.79 Å². The third-order valence-corrected chi connectivity index (χ3v) is 3.75. The lowest BCUT2D eigenvalue weighted by Crippen LogP contribution is -2.15. The van der Waals surface area contributed by atoms with Crippen molar-refractivity contribution in [2.24, 2.45) is 0 Å².